The van der Waals surface area contributed by atoms with Crippen molar-refractivity contribution in [1.82, 2.24) is 15.4 Å². The molecule has 0 aliphatic carbocycles. The number of aromatic nitrogens is 3. The Morgan fingerprint density at radius 1 is 1.33 bits per heavy atom. The van der Waals surface area contributed by atoms with E-state index in [2.05, 4.69) is 20.7 Å². The quantitative estimate of drug-likeness (QED) is 0.494. The fourth-order valence-corrected chi connectivity index (χ4v) is 4.24. The van der Waals surface area contributed by atoms with Crippen molar-refractivity contribution < 1.29 is 9.32 Å². The number of thioether (sulfide) groups is 1. The molecule has 3 aromatic rings. The van der Waals surface area contributed by atoms with E-state index >= 15 is 0 Å². The monoisotopic (exact) mass is 400 g/mol. The first-order valence-corrected chi connectivity index (χ1v) is 9.22. The van der Waals surface area contributed by atoms with Gasteiger partial charge in [-0.1, -0.05) is 57.5 Å². The minimum Gasteiger partial charge on any atom is -0.351 e. The molecule has 1 amide bonds. The highest BCUT2D eigenvalue weighted by molar-refractivity contribution is 8.00. The second-order valence-corrected chi connectivity index (χ2v) is 7.66. The third-order valence-corrected chi connectivity index (χ3v) is 5.59. The summed E-state index contributed by atoms with van der Waals surface area (Å²) in [4.78, 5) is 12.0. The molecule has 24 heavy (non-hydrogen) atoms. The Labute approximate surface area is 155 Å². The van der Waals surface area contributed by atoms with Crippen LogP contribution in [-0.2, 0) is 5.75 Å². The molecule has 1 aromatic carbocycles. The van der Waals surface area contributed by atoms with Crippen molar-refractivity contribution in [3.63, 3.8) is 0 Å². The minimum atomic E-state index is -0.419. The zero-order chi connectivity index (χ0) is 17.1. The van der Waals surface area contributed by atoms with Gasteiger partial charge in [-0.05, 0) is 24.6 Å². The molecule has 0 spiro atoms. The van der Waals surface area contributed by atoms with E-state index in [1.54, 1.807) is 31.2 Å². The van der Waals surface area contributed by atoms with Crippen LogP contribution in [0.15, 0.2) is 33.1 Å². The maximum atomic E-state index is 12.0. The van der Waals surface area contributed by atoms with Crippen LogP contribution in [0.1, 0.15) is 21.8 Å². The van der Waals surface area contributed by atoms with Crippen LogP contribution in [0, 0.1) is 6.92 Å². The summed E-state index contributed by atoms with van der Waals surface area (Å²) in [5.74, 6) is 0.264. The highest BCUT2D eigenvalue weighted by Gasteiger charge is 2.15. The maximum absolute atomic E-state index is 12.0. The van der Waals surface area contributed by atoms with E-state index in [0.717, 1.165) is 5.56 Å². The molecule has 0 radical (unpaired) electrons. The number of hydrogen-bond donors (Lipinski definition) is 1. The van der Waals surface area contributed by atoms with Crippen LogP contribution in [0.5, 0.6) is 0 Å². The van der Waals surface area contributed by atoms with Crippen molar-refractivity contribution in [1.29, 1.82) is 0 Å². The number of nitrogens with one attached hydrogen (secondary N) is 1. The van der Waals surface area contributed by atoms with Gasteiger partial charge in [-0.2, -0.15) is 0 Å². The van der Waals surface area contributed by atoms with Crippen LogP contribution in [0.4, 0.5) is 5.13 Å². The molecule has 0 unspecified atom stereocenters. The average molecular weight is 401 g/mol. The van der Waals surface area contributed by atoms with Gasteiger partial charge in [-0.3, -0.25) is 10.1 Å². The molecule has 0 aliphatic rings. The molecule has 1 N–H and O–H groups in total. The lowest BCUT2D eigenvalue weighted by molar-refractivity contribution is 0.0988. The van der Waals surface area contributed by atoms with Gasteiger partial charge in [0.25, 0.3) is 5.91 Å². The topological polar surface area (TPSA) is 80.9 Å². The van der Waals surface area contributed by atoms with Gasteiger partial charge in [-0.25, -0.2) is 0 Å². The van der Waals surface area contributed by atoms with Crippen LogP contribution in [0.3, 0.4) is 0 Å². The van der Waals surface area contributed by atoms with E-state index in [1.165, 1.54) is 23.1 Å². The fourth-order valence-electron chi connectivity index (χ4n) is 1.75. The van der Waals surface area contributed by atoms with Gasteiger partial charge in [0, 0.05) is 21.9 Å². The summed E-state index contributed by atoms with van der Waals surface area (Å²) in [7, 11) is 0. The molecule has 3 rings (SSSR count). The average Bonchev–Trinajstić information content (AvgIpc) is 3.16. The van der Waals surface area contributed by atoms with Crippen LogP contribution in [0.25, 0.3) is 0 Å². The number of rotatable bonds is 5. The molecule has 0 bridgehead atoms. The first-order valence-electron chi connectivity index (χ1n) is 6.67. The van der Waals surface area contributed by atoms with Crippen molar-refractivity contribution in [3.05, 3.63) is 51.3 Å². The SMILES string of the molecule is Cc1cc(C(=O)Nc2nnc(SCc3c(Cl)cccc3Cl)s2)on1. The molecule has 0 saturated heterocycles. The van der Waals surface area contributed by atoms with E-state index in [1.807, 2.05) is 0 Å². The Morgan fingerprint density at radius 3 is 2.75 bits per heavy atom. The Hall–Kier alpha value is -1.61. The molecule has 10 heteroatoms. The van der Waals surface area contributed by atoms with Gasteiger partial charge in [0.15, 0.2) is 4.34 Å². The van der Waals surface area contributed by atoms with Crippen LogP contribution < -0.4 is 5.32 Å². The lowest BCUT2D eigenvalue weighted by Crippen LogP contribution is -2.10. The summed E-state index contributed by atoms with van der Waals surface area (Å²) >= 11 is 15.0. The third kappa shape index (κ3) is 4.07. The highest BCUT2D eigenvalue weighted by Crippen LogP contribution is 2.33. The van der Waals surface area contributed by atoms with Crippen molar-refractivity contribution in [2.75, 3.05) is 5.32 Å². The van der Waals surface area contributed by atoms with Gasteiger partial charge in [0.05, 0.1) is 5.69 Å². The zero-order valence-corrected chi connectivity index (χ0v) is 15.4. The predicted molar refractivity (Wildman–Crippen MR) is 95.1 cm³/mol. The van der Waals surface area contributed by atoms with E-state index in [4.69, 9.17) is 27.7 Å². The minimum absolute atomic E-state index is 0.125. The van der Waals surface area contributed by atoms with Gasteiger partial charge in [-0.15, -0.1) is 10.2 Å². The number of aryl methyl sites for hydroxylation is 1. The standard InChI is InChI=1S/C14H10Cl2N4O2S2/c1-7-5-11(22-20-7)12(21)17-13-18-19-14(24-13)23-6-8-9(15)3-2-4-10(8)16/h2-5H,6H2,1H3,(H,17,18,21). The lowest BCUT2D eigenvalue weighted by Gasteiger charge is -2.04. The first kappa shape index (κ1) is 17.2. The second-order valence-electron chi connectivity index (χ2n) is 4.65. The Balaban J connectivity index is 1.62. The van der Waals surface area contributed by atoms with Gasteiger partial charge in [0.2, 0.25) is 10.9 Å². The number of halogens is 2. The smallest absolute Gasteiger partial charge is 0.296 e. The largest absolute Gasteiger partial charge is 0.351 e. The number of hydrogen-bond acceptors (Lipinski definition) is 7. The maximum Gasteiger partial charge on any atom is 0.296 e. The summed E-state index contributed by atoms with van der Waals surface area (Å²) in [5, 5.41) is 15.8. The summed E-state index contributed by atoms with van der Waals surface area (Å²) < 4.78 is 5.59. The Bertz CT molecular complexity index is 861. The van der Waals surface area contributed by atoms with Gasteiger partial charge in [0.1, 0.15) is 0 Å². The molecule has 2 heterocycles. The number of carbonyl (C=O) groups is 1. The Kier molecular flexibility index (Phi) is 5.40. The number of nitrogens with zero attached hydrogens (tertiary/aromatic N) is 3. The highest BCUT2D eigenvalue weighted by atomic mass is 35.5. The summed E-state index contributed by atoms with van der Waals surface area (Å²) in [5.41, 5.74) is 1.47. The first-order chi connectivity index (χ1) is 11.5. The van der Waals surface area contributed by atoms with Crippen molar-refractivity contribution in [2.24, 2.45) is 0 Å². The third-order valence-electron chi connectivity index (χ3n) is 2.88. The lowest BCUT2D eigenvalue weighted by atomic mass is 10.2. The molecule has 0 fully saturated rings. The van der Waals surface area contributed by atoms with Crippen LogP contribution >= 0.6 is 46.3 Å². The fraction of sp³-hybridized carbons (Fsp3) is 0.143. The Morgan fingerprint density at radius 2 is 2.08 bits per heavy atom. The summed E-state index contributed by atoms with van der Waals surface area (Å²) in [6.45, 7) is 1.74. The predicted octanol–water partition coefficient (Wildman–Crippen LogP) is 4.69. The summed E-state index contributed by atoms with van der Waals surface area (Å²) in [6.07, 6.45) is 0. The van der Waals surface area contributed by atoms with Crippen LogP contribution in [0.2, 0.25) is 10.0 Å². The van der Waals surface area contributed by atoms with E-state index in [9.17, 15) is 4.79 Å². The molecule has 124 valence electrons. The number of amides is 1. The molecule has 0 aliphatic heterocycles. The van der Waals surface area contributed by atoms with E-state index in [-0.39, 0.29) is 5.76 Å². The van der Waals surface area contributed by atoms with Crippen molar-refractivity contribution >= 4 is 57.3 Å². The number of anilines is 1. The summed E-state index contributed by atoms with van der Waals surface area (Å²) in [6, 6.07) is 6.91. The van der Waals surface area contributed by atoms with E-state index in [0.29, 0.717) is 31.0 Å². The van der Waals surface area contributed by atoms with Crippen molar-refractivity contribution in [3.8, 4) is 0 Å². The molecule has 0 atom stereocenters. The normalized spacial score (nSPS) is 10.8. The van der Waals surface area contributed by atoms with Gasteiger partial charge >= 0.3 is 0 Å². The van der Waals surface area contributed by atoms with Crippen molar-refractivity contribution in [2.45, 2.75) is 17.0 Å². The molecule has 2 aromatic heterocycles. The molecule has 6 nitrogen and oxygen atoms in total. The number of benzene rings is 1. The molecular formula is C14H10Cl2N4O2S2. The molecular weight excluding hydrogens is 391 g/mol. The van der Waals surface area contributed by atoms with E-state index < -0.39 is 5.91 Å². The molecule has 0 saturated carbocycles. The van der Waals surface area contributed by atoms with Gasteiger partial charge < -0.3 is 4.52 Å². The second kappa shape index (κ2) is 7.52. The number of carbonyl (C=O) groups excluding carboxylic acids is 1. The zero-order valence-electron chi connectivity index (χ0n) is 12.2. The van der Waals surface area contributed by atoms with Crippen LogP contribution in [-0.4, -0.2) is 21.3 Å².